The molecule has 1 aliphatic rings. The molecule has 0 amide bonds. The summed E-state index contributed by atoms with van der Waals surface area (Å²) >= 11 is 0. The average molecular weight is 316 g/mol. The van der Waals surface area contributed by atoms with Gasteiger partial charge in [0.1, 0.15) is 0 Å². The Morgan fingerprint density at radius 1 is 1.43 bits per heavy atom. The van der Waals surface area contributed by atoms with Gasteiger partial charge >= 0.3 is 7.48 Å². The highest BCUT2D eigenvalue weighted by Crippen LogP contribution is 2.35. The van der Waals surface area contributed by atoms with Gasteiger partial charge in [0.25, 0.3) is 0 Å². The van der Waals surface area contributed by atoms with Crippen LogP contribution in [0, 0.1) is 17.2 Å². The van der Waals surface area contributed by atoms with Crippen molar-refractivity contribution in [2.75, 3.05) is 0 Å². The zero-order valence-corrected chi connectivity index (χ0v) is 14.6. The van der Waals surface area contributed by atoms with E-state index in [0.29, 0.717) is 12.3 Å². The molecule has 1 N–H and O–H groups in total. The van der Waals surface area contributed by atoms with E-state index in [2.05, 4.69) is 11.2 Å². The van der Waals surface area contributed by atoms with Crippen LogP contribution in [0.5, 0.6) is 0 Å². The van der Waals surface area contributed by atoms with Crippen molar-refractivity contribution in [1.82, 2.24) is 9.78 Å². The zero-order chi connectivity index (χ0) is 17.1. The van der Waals surface area contributed by atoms with Crippen LogP contribution in [-0.2, 0) is 4.65 Å². The predicted molar refractivity (Wildman–Crippen MR) is 90.3 cm³/mol. The smallest absolute Gasteiger partial charge is 0.334 e. The normalized spacial score (nSPS) is 17.9. The lowest BCUT2D eigenvalue weighted by molar-refractivity contribution is -0.0893. The third-order valence-electron chi connectivity index (χ3n) is 5.17. The molecular weight excluding hydrogens is 289 g/mol. The Labute approximate surface area is 139 Å². The molecule has 0 saturated heterocycles. The third kappa shape index (κ3) is 4.36. The Kier molecular flexibility index (Phi) is 5.54. The molecule has 5 nitrogen and oxygen atoms in total. The molecule has 1 aliphatic carbocycles. The number of hydrogen-bond acceptors (Lipinski definition) is 4. The van der Waals surface area contributed by atoms with Crippen LogP contribution >= 0.6 is 0 Å². The van der Waals surface area contributed by atoms with Gasteiger partial charge in [0.05, 0.1) is 29.7 Å². The van der Waals surface area contributed by atoms with Crippen LogP contribution in [0.25, 0.3) is 0 Å². The van der Waals surface area contributed by atoms with E-state index in [-0.39, 0.29) is 6.04 Å². The molecule has 0 aliphatic heterocycles. The lowest BCUT2D eigenvalue weighted by atomic mass is 9.84. The van der Waals surface area contributed by atoms with Gasteiger partial charge in [-0.05, 0) is 51.9 Å². The van der Waals surface area contributed by atoms with E-state index >= 15 is 0 Å². The minimum Gasteiger partial charge on any atom is -0.427 e. The van der Waals surface area contributed by atoms with Crippen LogP contribution in [-0.4, -0.2) is 33.6 Å². The maximum atomic E-state index is 10.1. The SMILES string of the molecule is CC(C)(O)C(C)(C)O[B]c1cnn(C(CC#N)C2CCCC2)c1. The third-order valence-corrected chi connectivity index (χ3v) is 5.17. The van der Waals surface area contributed by atoms with Crippen molar-refractivity contribution in [2.45, 2.75) is 77.0 Å². The average Bonchev–Trinajstić information content (AvgIpc) is 3.13. The predicted octanol–water partition coefficient (Wildman–Crippen LogP) is 2.34. The zero-order valence-electron chi connectivity index (χ0n) is 14.6. The molecule has 2 rings (SSSR count). The largest absolute Gasteiger partial charge is 0.427 e. The lowest BCUT2D eigenvalue weighted by Gasteiger charge is -2.37. The second-order valence-electron chi connectivity index (χ2n) is 7.53. The first kappa shape index (κ1) is 18.0. The molecule has 1 saturated carbocycles. The standard InChI is InChI=1S/C17H27BN3O2/c1-16(2,22)17(3,4)23-18-14-11-20-21(12-14)15(9-10-19)13-7-5-6-8-13/h11-13,15,22H,5-9H2,1-4H3. The van der Waals surface area contributed by atoms with E-state index in [1.54, 1.807) is 27.5 Å². The van der Waals surface area contributed by atoms with Crippen LogP contribution in [0.3, 0.4) is 0 Å². The summed E-state index contributed by atoms with van der Waals surface area (Å²) < 4.78 is 7.67. The van der Waals surface area contributed by atoms with Crippen molar-refractivity contribution in [1.29, 1.82) is 5.26 Å². The van der Waals surface area contributed by atoms with Gasteiger partial charge in [0.15, 0.2) is 0 Å². The lowest BCUT2D eigenvalue weighted by Crippen LogP contribution is -2.49. The summed E-state index contributed by atoms with van der Waals surface area (Å²) in [6, 6.07) is 2.44. The number of nitriles is 1. The number of aliphatic hydroxyl groups is 1. The summed E-state index contributed by atoms with van der Waals surface area (Å²) in [4.78, 5) is 0. The molecule has 125 valence electrons. The number of rotatable bonds is 7. The Balaban J connectivity index is 2.03. The minimum absolute atomic E-state index is 0.145. The van der Waals surface area contributed by atoms with Crippen LogP contribution in [0.15, 0.2) is 12.4 Å². The minimum atomic E-state index is -0.952. The van der Waals surface area contributed by atoms with Gasteiger partial charge in [-0.1, -0.05) is 12.8 Å². The highest BCUT2D eigenvalue weighted by atomic mass is 16.5. The Bertz CT molecular complexity index is 551. The molecule has 1 aromatic heterocycles. The molecule has 1 atom stereocenters. The Hall–Kier alpha value is -1.32. The van der Waals surface area contributed by atoms with Crippen molar-refractivity contribution < 1.29 is 9.76 Å². The van der Waals surface area contributed by atoms with Gasteiger partial charge in [-0.25, -0.2) is 0 Å². The first-order valence-electron chi connectivity index (χ1n) is 8.39. The second kappa shape index (κ2) is 7.06. The topological polar surface area (TPSA) is 71.1 Å². The molecule has 1 fully saturated rings. The Morgan fingerprint density at radius 3 is 2.65 bits per heavy atom. The molecule has 0 bridgehead atoms. The first-order chi connectivity index (χ1) is 10.7. The fraction of sp³-hybridized carbons (Fsp3) is 0.765. The fourth-order valence-corrected chi connectivity index (χ4v) is 2.87. The first-order valence-corrected chi connectivity index (χ1v) is 8.39. The maximum Gasteiger partial charge on any atom is 0.334 e. The summed E-state index contributed by atoms with van der Waals surface area (Å²) in [6.45, 7) is 7.16. The molecule has 6 heteroatoms. The quantitative estimate of drug-likeness (QED) is 0.784. The van der Waals surface area contributed by atoms with E-state index in [1.165, 1.54) is 25.7 Å². The number of aromatic nitrogens is 2. The molecule has 1 aromatic rings. The van der Waals surface area contributed by atoms with Crippen LogP contribution in [0.1, 0.15) is 65.8 Å². The van der Waals surface area contributed by atoms with Gasteiger partial charge < -0.3 is 9.76 Å². The van der Waals surface area contributed by atoms with Crippen LogP contribution in [0.4, 0.5) is 0 Å². The van der Waals surface area contributed by atoms with Crippen molar-refractivity contribution in [2.24, 2.45) is 5.92 Å². The van der Waals surface area contributed by atoms with Crippen molar-refractivity contribution in [3.05, 3.63) is 12.4 Å². The number of nitrogens with zero attached hydrogens (tertiary/aromatic N) is 3. The Morgan fingerprint density at radius 2 is 2.09 bits per heavy atom. The molecule has 0 aromatic carbocycles. The molecule has 1 heterocycles. The maximum absolute atomic E-state index is 10.1. The summed E-state index contributed by atoms with van der Waals surface area (Å²) in [5.41, 5.74) is -0.803. The summed E-state index contributed by atoms with van der Waals surface area (Å²) in [5, 5.41) is 23.7. The number of hydrogen-bond donors (Lipinski definition) is 1. The highest BCUT2D eigenvalue weighted by molar-refractivity contribution is 6.46. The van der Waals surface area contributed by atoms with E-state index < -0.39 is 11.2 Å². The van der Waals surface area contributed by atoms with Crippen molar-refractivity contribution in [3.63, 3.8) is 0 Å². The van der Waals surface area contributed by atoms with E-state index in [0.717, 1.165) is 5.46 Å². The van der Waals surface area contributed by atoms with Gasteiger partial charge in [-0.3, -0.25) is 4.68 Å². The molecule has 1 unspecified atom stereocenters. The highest BCUT2D eigenvalue weighted by Gasteiger charge is 2.36. The summed E-state index contributed by atoms with van der Waals surface area (Å²) in [7, 11) is 1.64. The van der Waals surface area contributed by atoms with Gasteiger partial charge in [0.2, 0.25) is 0 Å². The molecule has 1 radical (unpaired) electrons. The molecule has 0 spiro atoms. The van der Waals surface area contributed by atoms with Gasteiger partial charge in [0, 0.05) is 12.4 Å². The molecule has 23 heavy (non-hydrogen) atoms. The van der Waals surface area contributed by atoms with Gasteiger partial charge in [-0.2, -0.15) is 10.4 Å². The van der Waals surface area contributed by atoms with Crippen LogP contribution in [0.2, 0.25) is 0 Å². The molecular formula is C17H27BN3O2. The van der Waals surface area contributed by atoms with E-state index in [4.69, 9.17) is 9.92 Å². The monoisotopic (exact) mass is 316 g/mol. The van der Waals surface area contributed by atoms with Crippen LogP contribution < -0.4 is 5.46 Å². The fourth-order valence-electron chi connectivity index (χ4n) is 2.87. The van der Waals surface area contributed by atoms with Crippen molar-refractivity contribution >= 4 is 12.9 Å². The second-order valence-corrected chi connectivity index (χ2v) is 7.53. The van der Waals surface area contributed by atoms with E-state index in [9.17, 15) is 5.11 Å². The summed E-state index contributed by atoms with van der Waals surface area (Å²) in [6.07, 6.45) is 9.01. The summed E-state index contributed by atoms with van der Waals surface area (Å²) in [5.74, 6) is 0.538. The van der Waals surface area contributed by atoms with Crippen molar-refractivity contribution in [3.8, 4) is 6.07 Å². The van der Waals surface area contributed by atoms with E-state index in [1.807, 2.05) is 24.7 Å². The van der Waals surface area contributed by atoms with Gasteiger partial charge in [-0.15, -0.1) is 0 Å².